The number of nitrogens with one attached hydrogen (secondary N) is 3. The monoisotopic (exact) mass is 501 g/mol. The van der Waals surface area contributed by atoms with Crippen LogP contribution in [-0.2, 0) is 9.59 Å². The zero-order valence-corrected chi connectivity index (χ0v) is 22.3. The summed E-state index contributed by atoms with van der Waals surface area (Å²) in [6.45, 7) is 12.2. The van der Waals surface area contributed by atoms with E-state index in [4.69, 9.17) is 11.1 Å². The van der Waals surface area contributed by atoms with Crippen LogP contribution in [0.25, 0.3) is 5.57 Å². The number of benzene rings is 1. The van der Waals surface area contributed by atoms with Gasteiger partial charge in [0, 0.05) is 38.3 Å². The highest BCUT2D eigenvalue weighted by Crippen LogP contribution is 2.20. The molecule has 0 heterocycles. The normalized spacial score (nSPS) is 13.6. The number of rotatable bonds is 15. The Bertz CT molecular complexity index is 1140. The van der Waals surface area contributed by atoms with Gasteiger partial charge >= 0.3 is 0 Å². The van der Waals surface area contributed by atoms with E-state index in [0.29, 0.717) is 31.1 Å². The number of ketones is 1. The second-order valence-electron chi connectivity index (χ2n) is 8.34. The summed E-state index contributed by atoms with van der Waals surface area (Å²) in [5, 5.41) is 14.4. The molecule has 0 aliphatic carbocycles. The van der Waals surface area contributed by atoms with Crippen LogP contribution in [0, 0.1) is 5.41 Å². The maximum Gasteiger partial charge on any atom is 0.216 e. The quantitative estimate of drug-likeness (QED) is 0.162. The smallest absolute Gasteiger partial charge is 0.216 e. The molecule has 7 nitrogen and oxygen atoms in total. The number of hydrogen-bond donors (Lipinski definition) is 4. The van der Waals surface area contributed by atoms with Crippen LogP contribution < -0.4 is 16.4 Å². The predicted molar refractivity (Wildman–Crippen MR) is 156 cm³/mol. The van der Waals surface area contributed by atoms with Crippen molar-refractivity contribution in [2.75, 3.05) is 26.2 Å². The second-order valence-corrected chi connectivity index (χ2v) is 8.34. The van der Waals surface area contributed by atoms with Crippen molar-refractivity contribution in [1.29, 1.82) is 5.41 Å². The third-order valence-corrected chi connectivity index (χ3v) is 5.28. The SMILES string of the molecule is C=C/C(=C\C=C(/C)C(=N)\C(=C/C=C(C)/C=C\N=C(C)C(=O)CNCCNC(C)=O)c1ccccc1)CN. The summed E-state index contributed by atoms with van der Waals surface area (Å²) in [6, 6.07) is 9.78. The van der Waals surface area contributed by atoms with Crippen LogP contribution in [0.4, 0.5) is 0 Å². The Morgan fingerprint density at radius 1 is 1.03 bits per heavy atom. The molecule has 37 heavy (non-hydrogen) atoms. The van der Waals surface area contributed by atoms with Crippen molar-refractivity contribution in [2.24, 2.45) is 10.7 Å². The van der Waals surface area contributed by atoms with Crippen LogP contribution in [0.3, 0.4) is 0 Å². The first-order valence-electron chi connectivity index (χ1n) is 12.1. The lowest BCUT2D eigenvalue weighted by Gasteiger charge is -2.10. The molecule has 1 aromatic carbocycles. The van der Waals surface area contributed by atoms with Crippen LogP contribution in [0.15, 0.2) is 101 Å². The first-order valence-corrected chi connectivity index (χ1v) is 12.1. The minimum Gasteiger partial charge on any atom is -0.355 e. The number of aliphatic imine (C=N–C) groups is 1. The van der Waals surface area contributed by atoms with E-state index in [-0.39, 0.29) is 18.2 Å². The minimum atomic E-state index is -0.112. The highest BCUT2D eigenvalue weighted by atomic mass is 16.1. The van der Waals surface area contributed by atoms with Crippen molar-refractivity contribution in [1.82, 2.24) is 10.6 Å². The molecule has 0 aliphatic rings. The summed E-state index contributed by atoms with van der Waals surface area (Å²) in [6.07, 6.45) is 12.7. The van der Waals surface area contributed by atoms with E-state index in [0.717, 1.165) is 27.9 Å². The molecule has 0 radical (unpaired) electrons. The van der Waals surface area contributed by atoms with Gasteiger partial charge in [0.05, 0.1) is 18.0 Å². The van der Waals surface area contributed by atoms with Gasteiger partial charge in [0.1, 0.15) is 0 Å². The lowest BCUT2D eigenvalue weighted by Crippen LogP contribution is -2.34. The van der Waals surface area contributed by atoms with Crippen LogP contribution in [0.1, 0.15) is 33.3 Å². The summed E-state index contributed by atoms with van der Waals surface area (Å²) in [5.41, 5.74) is 10.8. The molecule has 5 N–H and O–H groups in total. The van der Waals surface area contributed by atoms with Crippen LogP contribution in [0.2, 0.25) is 0 Å². The fourth-order valence-electron chi connectivity index (χ4n) is 2.95. The molecule has 0 atom stereocenters. The first-order chi connectivity index (χ1) is 17.7. The largest absolute Gasteiger partial charge is 0.355 e. The molecular formula is C30H39N5O2. The lowest BCUT2D eigenvalue weighted by atomic mass is 9.95. The Hall–Kier alpha value is -3.94. The third-order valence-electron chi connectivity index (χ3n) is 5.28. The summed E-state index contributed by atoms with van der Waals surface area (Å²) >= 11 is 0. The maximum absolute atomic E-state index is 12.2. The first kappa shape index (κ1) is 31.1. The Balaban J connectivity index is 2.98. The van der Waals surface area contributed by atoms with Gasteiger partial charge < -0.3 is 16.4 Å². The van der Waals surface area contributed by atoms with Gasteiger partial charge in [0.25, 0.3) is 0 Å². The van der Waals surface area contributed by atoms with Crippen molar-refractivity contribution in [3.63, 3.8) is 0 Å². The van der Waals surface area contributed by atoms with Gasteiger partial charge in [-0.2, -0.15) is 0 Å². The predicted octanol–water partition coefficient (Wildman–Crippen LogP) is 4.32. The van der Waals surface area contributed by atoms with Gasteiger partial charge in [0.15, 0.2) is 5.78 Å². The molecule has 1 amide bonds. The van der Waals surface area contributed by atoms with Crippen molar-refractivity contribution in [3.05, 3.63) is 102 Å². The Morgan fingerprint density at radius 3 is 2.35 bits per heavy atom. The number of allylic oxidation sites excluding steroid dienone is 8. The van der Waals surface area contributed by atoms with Gasteiger partial charge in [-0.1, -0.05) is 67.3 Å². The number of amides is 1. The summed E-state index contributed by atoms with van der Waals surface area (Å²) in [4.78, 5) is 27.3. The molecule has 0 fully saturated rings. The summed E-state index contributed by atoms with van der Waals surface area (Å²) in [7, 11) is 0. The van der Waals surface area contributed by atoms with Crippen LogP contribution in [0.5, 0.6) is 0 Å². The molecule has 0 saturated carbocycles. The summed E-state index contributed by atoms with van der Waals surface area (Å²) < 4.78 is 0. The molecule has 1 aromatic rings. The molecular weight excluding hydrogens is 462 g/mol. The lowest BCUT2D eigenvalue weighted by molar-refractivity contribution is -0.118. The molecule has 0 saturated heterocycles. The highest BCUT2D eigenvalue weighted by molar-refractivity contribution is 6.39. The van der Waals surface area contributed by atoms with E-state index in [1.54, 1.807) is 19.2 Å². The number of carbonyl (C=O) groups is 2. The standard InChI is InChI=1S/C30H39N5O2/c1-6-26(20-31)14-13-23(3)30(32)28(27-10-8-7-9-11-27)15-12-22(2)16-17-34-24(4)29(37)21-33-18-19-35-25(5)36/h6-17,32-33H,1,18-21,31H2,2-5H3,(H,35,36)/b17-16-,22-12+,23-13+,26-14+,28-15-,32-30?,34-24?. The van der Waals surface area contributed by atoms with Gasteiger partial charge in [0.2, 0.25) is 5.91 Å². The van der Waals surface area contributed by atoms with E-state index < -0.39 is 0 Å². The molecule has 1 rings (SSSR count). The zero-order valence-electron chi connectivity index (χ0n) is 22.3. The molecule has 0 aliphatic heterocycles. The van der Waals surface area contributed by atoms with Gasteiger partial charge in [-0.05, 0) is 49.1 Å². The van der Waals surface area contributed by atoms with E-state index in [1.165, 1.54) is 6.92 Å². The van der Waals surface area contributed by atoms with E-state index in [2.05, 4.69) is 22.2 Å². The Labute approximate surface area is 220 Å². The molecule has 0 spiro atoms. The molecule has 0 aromatic heterocycles. The Morgan fingerprint density at radius 2 is 1.73 bits per heavy atom. The highest BCUT2D eigenvalue weighted by Gasteiger charge is 2.09. The third kappa shape index (κ3) is 12.5. The number of Topliss-reactive ketones (excluding diaryl/α,β-unsaturated/α-hetero) is 1. The van der Waals surface area contributed by atoms with Gasteiger partial charge in [-0.25, -0.2) is 0 Å². The van der Waals surface area contributed by atoms with Crippen molar-refractivity contribution in [3.8, 4) is 0 Å². The molecule has 0 bridgehead atoms. The van der Waals surface area contributed by atoms with Crippen molar-refractivity contribution < 1.29 is 9.59 Å². The zero-order chi connectivity index (χ0) is 27.6. The van der Waals surface area contributed by atoms with E-state index >= 15 is 0 Å². The minimum absolute atomic E-state index is 0.102. The van der Waals surface area contributed by atoms with Crippen molar-refractivity contribution >= 4 is 28.7 Å². The summed E-state index contributed by atoms with van der Waals surface area (Å²) in [5.74, 6) is -0.213. The number of nitrogens with zero attached hydrogens (tertiary/aromatic N) is 1. The Kier molecular flexibility index (Phi) is 14.7. The fraction of sp³-hybridized carbons (Fsp3) is 0.267. The molecule has 7 heteroatoms. The average molecular weight is 502 g/mol. The topological polar surface area (TPSA) is 120 Å². The number of carbonyl (C=O) groups excluding carboxylic acids is 2. The molecule has 196 valence electrons. The fourth-order valence-corrected chi connectivity index (χ4v) is 2.95. The van der Waals surface area contributed by atoms with Crippen LogP contribution >= 0.6 is 0 Å². The van der Waals surface area contributed by atoms with Gasteiger partial charge in [-0.15, -0.1) is 0 Å². The van der Waals surface area contributed by atoms with Crippen molar-refractivity contribution in [2.45, 2.75) is 27.7 Å². The maximum atomic E-state index is 12.2. The van der Waals surface area contributed by atoms with E-state index in [9.17, 15) is 9.59 Å². The average Bonchev–Trinajstić information content (AvgIpc) is 2.89. The van der Waals surface area contributed by atoms with Gasteiger partial charge in [-0.3, -0.25) is 20.0 Å². The second kappa shape index (κ2) is 17.5. The van der Waals surface area contributed by atoms with E-state index in [1.807, 2.05) is 74.6 Å². The number of hydrogen-bond acceptors (Lipinski definition) is 6. The number of nitrogens with two attached hydrogens (primary N) is 1. The van der Waals surface area contributed by atoms with Crippen LogP contribution in [-0.4, -0.2) is 49.3 Å². The molecule has 0 unspecified atom stereocenters.